The van der Waals surface area contributed by atoms with Crippen molar-refractivity contribution in [3.8, 4) is 0 Å². The topological polar surface area (TPSA) is 91.8 Å². The van der Waals surface area contributed by atoms with Gasteiger partial charge in [0.2, 0.25) is 5.95 Å². The van der Waals surface area contributed by atoms with Crippen LogP contribution in [0, 0.1) is 6.92 Å². The Morgan fingerprint density at radius 1 is 1.03 bits per heavy atom. The third-order valence-electron chi connectivity index (χ3n) is 4.20. The lowest BCUT2D eigenvalue weighted by molar-refractivity contribution is 0.102. The first-order valence-electron chi connectivity index (χ1n) is 9.22. The quantitative estimate of drug-likeness (QED) is 0.427. The van der Waals surface area contributed by atoms with Crippen LogP contribution in [-0.2, 0) is 0 Å². The van der Waals surface area contributed by atoms with Crippen LogP contribution in [0.3, 0.4) is 0 Å². The fourth-order valence-corrected chi connectivity index (χ4v) is 3.57. The second kappa shape index (κ2) is 8.24. The van der Waals surface area contributed by atoms with Crippen LogP contribution >= 0.6 is 11.3 Å². The molecule has 0 radical (unpaired) electrons. The first-order chi connectivity index (χ1) is 14.1. The van der Waals surface area contributed by atoms with Gasteiger partial charge in [0.15, 0.2) is 0 Å². The molecule has 2 aromatic carbocycles. The molecule has 7 nitrogen and oxygen atoms in total. The fourth-order valence-electron chi connectivity index (χ4n) is 2.85. The summed E-state index contributed by atoms with van der Waals surface area (Å²) < 4.78 is 0.995. The Morgan fingerprint density at radius 2 is 1.83 bits per heavy atom. The zero-order valence-electron chi connectivity index (χ0n) is 16.1. The highest BCUT2D eigenvalue weighted by atomic mass is 32.1. The maximum Gasteiger partial charge on any atom is 0.255 e. The second-order valence-electron chi connectivity index (χ2n) is 6.44. The Balaban J connectivity index is 1.44. The summed E-state index contributed by atoms with van der Waals surface area (Å²) in [6, 6.07) is 14.9. The third kappa shape index (κ3) is 4.49. The van der Waals surface area contributed by atoms with Gasteiger partial charge < -0.3 is 16.0 Å². The number of nitrogens with zero attached hydrogens (tertiary/aromatic N) is 3. The Bertz CT molecular complexity index is 1160. The monoisotopic (exact) mass is 404 g/mol. The van der Waals surface area contributed by atoms with Crippen molar-refractivity contribution in [1.82, 2.24) is 15.0 Å². The molecule has 0 fully saturated rings. The number of fused-ring (bicyclic) bond motifs is 1. The predicted molar refractivity (Wildman–Crippen MR) is 118 cm³/mol. The van der Waals surface area contributed by atoms with Crippen molar-refractivity contribution in [2.45, 2.75) is 13.8 Å². The summed E-state index contributed by atoms with van der Waals surface area (Å²) >= 11 is 1.52. The van der Waals surface area contributed by atoms with E-state index in [1.807, 2.05) is 56.3 Å². The zero-order valence-corrected chi connectivity index (χ0v) is 16.9. The molecule has 0 aliphatic carbocycles. The summed E-state index contributed by atoms with van der Waals surface area (Å²) in [6.45, 7) is 4.68. The van der Waals surface area contributed by atoms with E-state index >= 15 is 0 Å². The average molecular weight is 404 g/mol. The summed E-state index contributed by atoms with van der Waals surface area (Å²) in [7, 11) is 0. The van der Waals surface area contributed by atoms with Crippen molar-refractivity contribution in [2.75, 3.05) is 22.5 Å². The van der Waals surface area contributed by atoms with Crippen molar-refractivity contribution in [3.05, 3.63) is 65.3 Å². The molecule has 0 spiro atoms. The third-order valence-corrected chi connectivity index (χ3v) is 4.99. The molecule has 0 bridgehead atoms. The van der Waals surface area contributed by atoms with E-state index in [-0.39, 0.29) is 5.91 Å². The Hall–Kier alpha value is -3.52. The lowest BCUT2D eigenvalue weighted by Gasteiger charge is -2.10. The SMILES string of the molecule is CCNc1nc(C)cc(Nc2ccc(NC(=O)c3ccc4ncsc4c3)cc2)n1. The lowest BCUT2D eigenvalue weighted by Crippen LogP contribution is -2.11. The van der Waals surface area contributed by atoms with Gasteiger partial charge in [-0.05, 0) is 56.3 Å². The fraction of sp³-hybridized carbons (Fsp3) is 0.143. The summed E-state index contributed by atoms with van der Waals surface area (Å²) in [5.41, 5.74) is 5.75. The molecule has 0 unspecified atom stereocenters. The first-order valence-corrected chi connectivity index (χ1v) is 10.1. The molecule has 3 N–H and O–H groups in total. The molecule has 4 rings (SSSR count). The minimum Gasteiger partial charge on any atom is -0.354 e. The molecule has 0 atom stereocenters. The van der Waals surface area contributed by atoms with Gasteiger partial charge in [-0.1, -0.05) is 0 Å². The van der Waals surface area contributed by atoms with E-state index in [1.54, 1.807) is 11.6 Å². The van der Waals surface area contributed by atoms with E-state index in [0.717, 1.165) is 33.8 Å². The maximum atomic E-state index is 12.5. The number of thiazole rings is 1. The van der Waals surface area contributed by atoms with Crippen molar-refractivity contribution in [3.63, 3.8) is 0 Å². The summed E-state index contributed by atoms with van der Waals surface area (Å²) in [5.74, 6) is 1.16. The largest absolute Gasteiger partial charge is 0.354 e. The van der Waals surface area contributed by atoms with Crippen LogP contribution in [0.25, 0.3) is 10.2 Å². The predicted octanol–water partition coefficient (Wildman–Crippen LogP) is 4.82. The van der Waals surface area contributed by atoms with Gasteiger partial charge in [0.05, 0.1) is 15.7 Å². The van der Waals surface area contributed by atoms with Crippen LogP contribution in [0.2, 0.25) is 0 Å². The van der Waals surface area contributed by atoms with Gasteiger partial charge in [0.25, 0.3) is 5.91 Å². The molecule has 2 aromatic heterocycles. The number of carbonyl (C=O) groups excluding carboxylic acids is 1. The van der Waals surface area contributed by atoms with Gasteiger partial charge in [-0.3, -0.25) is 4.79 Å². The first kappa shape index (κ1) is 18.8. The molecule has 4 aromatic rings. The molecule has 0 saturated heterocycles. The minimum atomic E-state index is -0.150. The van der Waals surface area contributed by atoms with Crippen LogP contribution in [0.4, 0.5) is 23.1 Å². The number of carbonyl (C=O) groups is 1. The highest BCUT2D eigenvalue weighted by Gasteiger charge is 2.08. The molecule has 146 valence electrons. The van der Waals surface area contributed by atoms with Gasteiger partial charge in [0, 0.05) is 35.2 Å². The van der Waals surface area contributed by atoms with Gasteiger partial charge in [-0.25, -0.2) is 9.97 Å². The van der Waals surface area contributed by atoms with Crippen molar-refractivity contribution >= 4 is 50.6 Å². The number of benzene rings is 2. The van der Waals surface area contributed by atoms with E-state index in [9.17, 15) is 4.79 Å². The van der Waals surface area contributed by atoms with Crippen LogP contribution in [0.5, 0.6) is 0 Å². The molecular weight excluding hydrogens is 384 g/mol. The van der Waals surface area contributed by atoms with Crippen molar-refractivity contribution in [1.29, 1.82) is 0 Å². The summed E-state index contributed by atoms with van der Waals surface area (Å²) in [6.07, 6.45) is 0. The number of rotatable bonds is 6. The van der Waals surface area contributed by atoms with Gasteiger partial charge >= 0.3 is 0 Å². The van der Waals surface area contributed by atoms with E-state index in [4.69, 9.17) is 0 Å². The van der Waals surface area contributed by atoms with E-state index in [2.05, 4.69) is 30.9 Å². The molecular formula is C21H20N6OS. The number of nitrogens with one attached hydrogen (secondary N) is 3. The molecule has 2 heterocycles. The Labute approximate surface area is 172 Å². The summed E-state index contributed by atoms with van der Waals surface area (Å²) in [4.78, 5) is 25.5. The van der Waals surface area contributed by atoms with Crippen molar-refractivity contribution in [2.24, 2.45) is 0 Å². The number of aryl methyl sites for hydroxylation is 1. The average Bonchev–Trinajstić information content (AvgIpc) is 3.17. The highest BCUT2D eigenvalue weighted by molar-refractivity contribution is 7.16. The van der Waals surface area contributed by atoms with Gasteiger partial charge in [0.1, 0.15) is 5.82 Å². The molecule has 29 heavy (non-hydrogen) atoms. The number of amides is 1. The van der Waals surface area contributed by atoms with Gasteiger partial charge in [-0.15, -0.1) is 11.3 Å². The van der Waals surface area contributed by atoms with Crippen LogP contribution in [0.15, 0.2) is 54.0 Å². The maximum absolute atomic E-state index is 12.5. The number of hydrogen-bond donors (Lipinski definition) is 3. The lowest BCUT2D eigenvalue weighted by atomic mass is 10.2. The van der Waals surface area contributed by atoms with E-state index in [1.165, 1.54) is 11.3 Å². The second-order valence-corrected chi connectivity index (χ2v) is 7.33. The number of anilines is 4. The number of hydrogen-bond acceptors (Lipinski definition) is 7. The standard InChI is InChI=1S/C21H20N6OS/c1-3-22-21-24-13(2)10-19(27-21)25-15-5-7-16(8-6-15)26-20(28)14-4-9-17-18(11-14)29-12-23-17/h4-12H,3H2,1-2H3,(H,26,28)(H2,22,24,25,27). The normalized spacial score (nSPS) is 10.7. The Kier molecular flexibility index (Phi) is 5.35. The molecule has 0 aliphatic heterocycles. The minimum absolute atomic E-state index is 0.150. The van der Waals surface area contributed by atoms with Crippen LogP contribution in [-0.4, -0.2) is 27.4 Å². The Morgan fingerprint density at radius 3 is 2.62 bits per heavy atom. The van der Waals surface area contributed by atoms with Crippen LogP contribution < -0.4 is 16.0 Å². The smallest absolute Gasteiger partial charge is 0.255 e. The highest BCUT2D eigenvalue weighted by Crippen LogP contribution is 2.22. The molecule has 0 aliphatic rings. The van der Waals surface area contributed by atoms with E-state index < -0.39 is 0 Å². The number of aromatic nitrogens is 3. The van der Waals surface area contributed by atoms with Crippen LogP contribution in [0.1, 0.15) is 23.0 Å². The zero-order chi connectivity index (χ0) is 20.2. The van der Waals surface area contributed by atoms with Gasteiger partial charge in [-0.2, -0.15) is 4.98 Å². The van der Waals surface area contributed by atoms with E-state index in [0.29, 0.717) is 17.3 Å². The molecule has 8 heteroatoms. The molecule has 1 amide bonds. The summed E-state index contributed by atoms with van der Waals surface area (Å²) in [5, 5.41) is 9.30. The van der Waals surface area contributed by atoms with Crippen molar-refractivity contribution < 1.29 is 4.79 Å². The molecule has 0 saturated carbocycles.